The molecular weight excluding hydrogens is 564 g/mol. The summed E-state index contributed by atoms with van der Waals surface area (Å²) in [5.41, 5.74) is 5.37. The second-order valence-electron chi connectivity index (χ2n) is 12.9. The van der Waals surface area contributed by atoms with E-state index in [4.69, 9.17) is 5.73 Å². The lowest BCUT2D eigenvalue weighted by atomic mass is 9.52. The molecule has 7 atom stereocenters. The number of primary amides is 1. The van der Waals surface area contributed by atoms with Gasteiger partial charge in [-0.1, -0.05) is 50.6 Å². The zero-order valence-electron chi connectivity index (χ0n) is 25.3. The Labute approximate surface area is 255 Å². The van der Waals surface area contributed by atoms with Crippen molar-refractivity contribution in [1.29, 1.82) is 0 Å². The minimum Gasteiger partial charge on any atom is -0.507 e. The standard InChI is InChI=1S/C34H38N2O8/c1-5-16(2)12-20(37)13-17-6-8-18(9-7-17)21-10-11-24(38)26-22(21)14-19-15-23-28(36(3)4)30(40)27(33(35)43)32(42)34(23,44)31(41)25(19)29(26)39/h6-11,16,19,23,25,27-28,38,44H,5,12-15H2,1-4H3,(H2,35,43)/t16?,19-,23-,25?,27?,28-,34-/m0/s1. The number of nitrogens with zero attached hydrogens (tertiary/aromatic N) is 1. The number of phenols is 1. The van der Waals surface area contributed by atoms with Crippen LogP contribution in [0.2, 0.25) is 0 Å². The molecule has 4 N–H and O–H groups in total. The molecule has 2 aromatic carbocycles. The van der Waals surface area contributed by atoms with Gasteiger partial charge in [-0.3, -0.25) is 33.7 Å². The van der Waals surface area contributed by atoms with E-state index >= 15 is 0 Å². The number of carbonyl (C=O) groups excluding carboxylic acids is 6. The molecule has 44 heavy (non-hydrogen) atoms. The van der Waals surface area contributed by atoms with Gasteiger partial charge in [-0.2, -0.15) is 0 Å². The molecule has 10 nitrogen and oxygen atoms in total. The molecule has 3 aliphatic rings. The third kappa shape index (κ3) is 4.90. The lowest BCUT2D eigenvalue weighted by molar-refractivity contribution is -0.181. The Hall–Kier alpha value is -4.02. The number of nitrogens with two attached hydrogens (primary N) is 1. The smallest absolute Gasteiger partial charge is 0.235 e. The first-order valence-corrected chi connectivity index (χ1v) is 15.0. The molecule has 0 aliphatic heterocycles. The highest BCUT2D eigenvalue weighted by Crippen LogP contribution is 2.51. The van der Waals surface area contributed by atoms with E-state index in [1.807, 2.05) is 31.2 Å². The molecule has 232 valence electrons. The predicted molar refractivity (Wildman–Crippen MR) is 160 cm³/mol. The number of aliphatic hydroxyl groups is 1. The van der Waals surface area contributed by atoms with Crippen LogP contribution >= 0.6 is 0 Å². The van der Waals surface area contributed by atoms with Crippen LogP contribution in [0.15, 0.2) is 36.4 Å². The number of fused-ring (bicyclic) bond motifs is 3. The molecule has 10 heteroatoms. The molecule has 5 rings (SSSR count). The second-order valence-corrected chi connectivity index (χ2v) is 12.9. The molecule has 0 bridgehead atoms. The zero-order chi connectivity index (χ0) is 32.2. The van der Waals surface area contributed by atoms with E-state index in [9.17, 15) is 39.0 Å². The fourth-order valence-corrected chi connectivity index (χ4v) is 7.51. The Morgan fingerprint density at radius 2 is 1.70 bits per heavy atom. The van der Waals surface area contributed by atoms with Gasteiger partial charge in [0.2, 0.25) is 5.91 Å². The van der Waals surface area contributed by atoms with E-state index in [1.165, 1.54) is 11.0 Å². The summed E-state index contributed by atoms with van der Waals surface area (Å²) in [5.74, 6) is -10.3. The molecule has 0 aromatic heterocycles. The highest BCUT2D eigenvalue weighted by molar-refractivity contribution is 6.32. The fourth-order valence-electron chi connectivity index (χ4n) is 7.51. The Kier molecular flexibility index (Phi) is 8.20. The number of benzene rings is 2. The van der Waals surface area contributed by atoms with Gasteiger partial charge >= 0.3 is 0 Å². The van der Waals surface area contributed by atoms with Crippen LogP contribution < -0.4 is 5.73 Å². The van der Waals surface area contributed by atoms with Crippen molar-refractivity contribution in [2.45, 2.75) is 57.6 Å². The monoisotopic (exact) mass is 602 g/mol. The molecule has 2 saturated carbocycles. The lowest BCUT2D eigenvalue weighted by Crippen LogP contribution is -2.74. The van der Waals surface area contributed by atoms with Gasteiger partial charge in [0, 0.05) is 18.8 Å². The molecule has 3 unspecified atom stereocenters. The third-order valence-corrected chi connectivity index (χ3v) is 9.88. The van der Waals surface area contributed by atoms with Crippen molar-refractivity contribution >= 4 is 34.8 Å². The molecule has 3 aliphatic carbocycles. The van der Waals surface area contributed by atoms with E-state index < -0.39 is 64.4 Å². The van der Waals surface area contributed by atoms with Crippen LogP contribution in [-0.2, 0) is 36.8 Å². The quantitative estimate of drug-likeness (QED) is 0.383. The van der Waals surface area contributed by atoms with Gasteiger partial charge in [0.1, 0.15) is 11.5 Å². The van der Waals surface area contributed by atoms with E-state index in [2.05, 4.69) is 6.92 Å². The SMILES string of the molecule is CCC(C)CC(=O)Cc1ccc(-c2ccc(O)c3c2C[C@H]2C[C@H]4[C@H](N(C)C)C(=O)C(C(N)=O)C(=O)[C@@]4(O)C(=O)C2C3=O)cc1. The normalized spacial score (nSPS) is 28.7. The minimum atomic E-state index is -2.76. The molecule has 0 saturated heterocycles. The van der Waals surface area contributed by atoms with Crippen LogP contribution in [0.3, 0.4) is 0 Å². The highest BCUT2D eigenvalue weighted by Gasteiger charge is 2.69. The first kappa shape index (κ1) is 31.4. The van der Waals surface area contributed by atoms with Crippen molar-refractivity contribution in [1.82, 2.24) is 4.90 Å². The second kappa shape index (κ2) is 11.5. The zero-order valence-corrected chi connectivity index (χ0v) is 25.3. The van der Waals surface area contributed by atoms with Crippen LogP contribution in [-0.4, -0.2) is 75.7 Å². The van der Waals surface area contributed by atoms with Gasteiger partial charge in [0.05, 0.1) is 17.5 Å². The molecule has 1 amide bonds. The number of likely N-dealkylation sites (N-methyl/N-ethyl adjacent to an activating group) is 1. The number of Topliss-reactive ketones (excluding diaryl/α,β-unsaturated/α-hetero) is 5. The van der Waals surface area contributed by atoms with Gasteiger partial charge in [-0.15, -0.1) is 0 Å². The average molecular weight is 603 g/mol. The van der Waals surface area contributed by atoms with E-state index in [-0.39, 0.29) is 29.9 Å². The van der Waals surface area contributed by atoms with Crippen molar-refractivity contribution in [2.24, 2.45) is 35.3 Å². The number of hydrogen-bond acceptors (Lipinski definition) is 9. The number of carbonyl (C=O) groups is 6. The van der Waals surface area contributed by atoms with Crippen LogP contribution in [0.25, 0.3) is 11.1 Å². The van der Waals surface area contributed by atoms with E-state index in [0.717, 1.165) is 17.5 Å². The van der Waals surface area contributed by atoms with Gasteiger partial charge in [-0.25, -0.2) is 0 Å². The van der Waals surface area contributed by atoms with Gasteiger partial charge < -0.3 is 15.9 Å². The van der Waals surface area contributed by atoms with Crippen molar-refractivity contribution in [2.75, 3.05) is 14.1 Å². The summed E-state index contributed by atoms with van der Waals surface area (Å²) in [4.78, 5) is 80.7. The third-order valence-electron chi connectivity index (χ3n) is 9.88. The average Bonchev–Trinajstić information content (AvgIpc) is 2.95. The Bertz CT molecular complexity index is 1580. The number of amides is 1. The summed E-state index contributed by atoms with van der Waals surface area (Å²) in [5, 5.41) is 22.5. The van der Waals surface area contributed by atoms with Crippen LogP contribution in [0.4, 0.5) is 0 Å². The van der Waals surface area contributed by atoms with Gasteiger partial charge in [0.15, 0.2) is 34.7 Å². The Balaban J connectivity index is 1.52. The summed E-state index contributed by atoms with van der Waals surface area (Å²) in [7, 11) is 3.10. The summed E-state index contributed by atoms with van der Waals surface area (Å²) < 4.78 is 0. The summed E-state index contributed by atoms with van der Waals surface area (Å²) in [6.45, 7) is 4.10. The maximum Gasteiger partial charge on any atom is 0.235 e. The maximum absolute atomic E-state index is 14.0. The summed E-state index contributed by atoms with van der Waals surface area (Å²) in [6.07, 6.45) is 1.91. The van der Waals surface area contributed by atoms with Gasteiger partial charge in [0.25, 0.3) is 0 Å². The van der Waals surface area contributed by atoms with Crippen LogP contribution in [0.5, 0.6) is 5.75 Å². The summed E-state index contributed by atoms with van der Waals surface area (Å²) >= 11 is 0. The predicted octanol–water partition coefficient (Wildman–Crippen LogP) is 2.08. The summed E-state index contributed by atoms with van der Waals surface area (Å²) in [6, 6.07) is 9.33. The van der Waals surface area contributed by atoms with E-state index in [0.29, 0.717) is 29.9 Å². The number of ketones is 5. The topological polar surface area (TPSA) is 172 Å². The first-order chi connectivity index (χ1) is 20.7. The molecular formula is C34H38N2O8. The lowest BCUT2D eigenvalue weighted by Gasteiger charge is -2.52. The fraction of sp³-hybridized carbons (Fsp3) is 0.471. The van der Waals surface area contributed by atoms with Crippen molar-refractivity contribution in [3.63, 3.8) is 0 Å². The van der Waals surface area contributed by atoms with Crippen molar-refractivity contribution < 1.29 is 39.0 Å². The van der Waals surface area contributed by atoms with Crippen molar-refractivity contribution in [3.8, 4) is 16.9 Å². The number of aromatic hydroxyl groups is 1. The molecule has 2 aromatic rings. The Morgan fingerprint density at radius 1 is 1.05 bits per heavy atom. The first-order valence-electron chi connectivity index (χ1n) is 15.0. The molecule has 0 heterocycles. The highest BCUT2D eigenvalue weighted by atomic mass is 16.3. The number of rotatable bonds is 8. The van der Waals surface area contributed by atoms with E-state index in [1.54, 1.807) is 20.2 Å². The van der Waals surface area contributed by atoms with Crippen LogP contribution in [0, 0.1) is 29.6 Å². The van der Waals surface area contributed by atoms with Crippen molar-refractivity contribution in [3.05, 3.63) is 53.1 Å². The number of phenolic OH excluding ortho intramolecular Hbond substituents is 1. The molecule has 0 radical (unpaired) electrons. The van der Waals surface area contributed by atoms with Crippen LogP contribution in [0.1, 0.15) is 54.6 Å². The Morgan fingerprint density at radius 3 is 2.30 bits per heavy atom. The minimum absolute atomic E-state index is 0.0176. The molecule has 2 fully saturated rings. The number of hydrogen-bond donors (Lipinski definition) is 3. The largest absolute Gasteiger partial charge is 0.507 e. The molecule has 0 spiro atoms. The maximum atomic E-state index is 14.0. The van der Waals surface area contributed by atoms with Gasteiger partial charge in [-0.05, 0) is 67.1 Å².